The normalized spacial score (nSPS) is 22.2. The zero-order valence-corrected chi connectivity index (χ0v) is 9.60. The molecule has 3 N–H and O–H groups in total. The number of rotatable bonds is 3. The van der Waals surface area contributed by atoms with Crippen LogP contribution in [0, 0.1) is 0 Å². The Balaban J connectivity index is 1.82. The van der Waals surface area contributed by atoms with Gasteiger partial charge >= 0.3 is 0 Å². The van der Waals surface area contributed by atoms with E-state index < -0.39 is 0 Å². The van der Waals surface area contributed by atoms with Gasteiger partial charge in [-0.2, -0.15) is 0 Å². The van der Waals surface area contributed by atoms with Crippen molar-refractivity contribution < 1.29 is 5.11 Å². The number of nitrogen functional groups attached to an aromatic ring is 1. The molecule has 1 aromatic rings. The van der Waals surface area contributed by atoms with Gasteiger partial charge in [-0.1, -0.05) is 12.1 Å². The molecule has 0 saturated carbocycles. The molecule has 1 aromatic carbocycles. The molecule has 1 saturated heterocycles. The van der Waals surface area contributed by atoms with E-state index in [1.165, 1.54) is 5.56 Å². The fraction of sp³-hybridized carbons (Fsp3) is 0.538. The lowest BCUT2D eigenvalue weighted by molar-refractivity contribution is 0.0714. The first-order valence-electron chi connectivity index (χ1n) is 5.99. The summed E-state index contributed by atoms with van der Waals surface area (Å²) in [6.07, 6.45) is 2.94. The summed E-state index contributed by atoms with van der Waals surface area (Å²) in [4.78, 5) is 2.33. The van der Waals surface area contributed by atoms with Gasteiger partial charge in [-0.15, -0.1) is 0 Å². The Bertz CT molecular complexity index is 340. The minimum Gasteiger partial charge on any atom is -0.399 e. The van der Waals surface area contributed by atoms with Gasteiger partial charge in [0.05, 0.1) is 6.10 Å². The minimum absolute atomic E-state index is 0.130. The number of aliphatic hydroxyl groups excluding tert-OH is 1. The van der Waals surface area contributed by atoms with Gasteiger partial charge in [-0.3, -0.25) is 0 Å². The predicted octanol–water partition coefficient (Wildman–Crippen LogP) is 1.27. The number of piperidine rings is 1. The number of likely N-dealkylation sites (tertiary alicyclic amines) is 1. The van der Waals surface area contributed by atoms with Crippen LogP contribution in [0.5, 0.6) is 0 Å². The van der Waals surface area contributed by atoms with E-state index in [2.05, 4.69) is 11.0 Å². The van der Waals surface area contributed by atoms with Crippen molar-refractivity contribution in [1.29, 1.82) is 0 Å². The fourth-order valence-corrected chi connectivity index (χ4v) is 2.27. The Morgan fingerprint density at radius 1 is 1.44 bits per heavy atom. The maximum atomic E-state index is 9.56. The summed E-state index contributed by atoms with van der Waals surface area (Å²) in [7, 11) is 0. The van der Waals surface area contributed by atoms with E-state index in [0.29, 0.717) is 0 Å². The maximum absolute atomic E-state index is 9.56. The van der Waals surface area contributed by atoms with Crippen LogP contribution in [0.3, 0.4) is 0 Å². The first kappa shape index (κ1) is 11.4. The van der Waals surface area contributed by atoms with Crippen LogP contribution in [0.2, 0.25) is 0 Å². The highest BCUT2D eigenvalue weighted by atomic mass is 16.3. The Hall–Kier alpha value is -1.06. The largest absolute Gasteiger partial charge is 0.399 e. The number of β-amino-alcohol motifs (C(OH)–C–C–N with tert-alkyl or cyclic N) is 1. The minimum atomic E-state index is -0.130. The van der Waals surface area contributed by atoms with Gasteiger partial charge in [0.25, 0.3) is 0 Å². The second kappa shape index (κ2) is 5.32. The molecule has 1 unspecified atom stereocenters. The molecule has 0 radical (unpaired) electrons. The third kappa shape index (κ3) is 3.22. The van der Waals surface area contributed by atoms with E-state index in [4.69, 9.17) is 5.73 Å². The molecule has 0 aromatic heterocycles. The number of nitrogens with zero attached hydrogens (tertiary/aromatic N) is 1. The van der Waals surface area contributed by atoms with Crippen LogP contribution in [0.1, 0.15) is 18.4 Å². The summed E-state index contributed by atoms with van der Waals surface area (Å²) in [6.45, 7) is 2.95. The number of hydrogen-bond acceptors (Lipinski definition) is 3. The number of anilines is 1. The Labute approximate surface area is 96.9 Å². The van der Waals surface area contributed by atoms with Crippen molar-refractivity contribution in [3.8, 4) is 0 Å². The third-order valence-electron chi connectivity index (χ3n) is 3.15. The molecule has 16 heavy (non-hydrogen) atoms. The number of aliphatic hydroxyl groups is 1. The molecule has 3 nitrogen and oxygen atoms in total. The summed E-state index contributed by atoms with van der Waals surface area (Å²) < 4.78 is 0. The molecule has 1 atom stereocenters. The highest BCUT2D eigenvalue weighted by molar-refractivity contribution is 5.40. The van der Waals surface area contributed by atoms with Gasteiger partial charge in [0, 0.05) is 18.8 Å². The number of nitrogens with two attached hydrogens (primary N) is 1. The highest BCUT2D eigenvalue weighted by Crippen LogP contribution is 2.12. The van der Waals surface area contributed by atoms with Gasteiger partial charge in [0.1, 0.15) is 0 Å². The lowest BCUT2D eigenvalue weighted by Gasteiger charge is -2.29. The van der Waals surface area contributed by atoms with Crippen LogP contribution in [0.25, 0.3) is 0 Å². The van der Waals surface area contributed by atoms with E-state index >= 15 is 0 Å². The topological polar surface area (TPSA) is 49.5 Å². The van der Waals surface area contributed by atoms with Gasteiger partial charge in [-0.05, 0) is 43.5 Å². The first-order chi connectivity index (χ1) is 7.74. The molecule has 1 aliphatic rings. The molecular weight excluding hydrogens is 200 g/mol. The van der Waals surface area contributed by atoms with E-state index in [1.54, 1.807) is 0 Å². The summed E-state index contributed by atoms with van der Waals surface area (Å²) in [5.74, 6) is 0. The van der Waals surface area contributed by atoms with Crippen molar-refractivity contribution in [2.75, 3.05) is 25.4 Å². The fourth-order valence-electron chi connectivity index (χ4n) is 2.27. The van der Waals surface area contributed by atoms with Crippen molar-refractivity contribution in [2.24, 2.45) is 0 Å². The summed E-state index contributed by atoms with van der Waals surface area (Å²) >= 11 is 0. The van der Waals surface area contributed by atoms with Crippen molar-refractivity contribution in [3.05, 3.63) is 29.8 Å². The summed E-state index contributed by atoms with van der Waals surface area (Å²) in [5.41, 5.74) is 7.84. The zero-order chi connectivity index (χ0) is 11.4. The summed E-state index contributed by atoms with van der Waals surface area (Å²) in [5, 5.41) is 9.56. The molecular formula is C13H20N2O. The van der Waals surface area contributed by atoms with Gasteiger partial charge in [0.15, 0.2) is 0 Å². The number of hydrogen-bond donors (Lipinski definition) is 2. The van der Waals surface area contributed by atoms with Crippen LogP contribution in [-0.4, -0.2) is 35.7 Å². The molecule has 0 amide bonds. The molecule has 1 fully saturated rings. The maximum Gasteiger partial charge on any atom is 0.0667 e. The second-order valence-corrected chi connectivity index (χ2v) is 4.59. The SMILES string of the molecule is Nc1cccc(CCN2CCCC(O)C2)c1. The second-order valence-electron chi connectivity index (χ2n) is 4.59. The van der Waals surface area contributed by atoms with Gasteiger partial charge in [0.2, 0.25) is 0 Å². The van der Waals surface area contributed by atoms with Crippen molar-refractivity contribution in [1.82, 2.24) is 4.90 Å². The zero-order valence-electron chi connectivity index (χ0n) is 9.60. The van der Waals surface area contributed by atoms with Crippen molar-refractivity contribution >= 4 is 5.69 Å². The predicted molar refractivity (Wildman–Crippen MR) is 66.2 cm³/mol. The Morgan fingerprint density at radius 3 is 3.06 bits per heavy atom. The summed E-state index contributed by atoms with van der Waals surface area (Å²) in [6, 6.07) is 8.04. The standard InChI is InChI=1S/C13H20N2O/c14-12-4-1-3-11(9-12)6-8-15-7-2-5-13(16)10-15/h1,3-4,9,13,16H,2,5-8,10,14H2. The Kier molecular flexibility index (Phi) is 3.80. The third-order valence-corrected chi connectivity index (χ3v) is 3.15. The van der Waals surface area contributed by atoms with E-state index in [-0.39, 0.29) is 6.10 Å². The molecule has 1 heterocycles. The molecule has 0 aliphatic carbocycles. The van der Waals surface area contributed by atoms with Gasteiger partial charge < -0.3 is 15.7 Å². The van der Waals surface area contributed by atoms with Crippen LogP contribution in [0.15, 0.2) is 24.3 Å². The Morgan fingerprint density at radius 2 is 2.31 bits per heavy atom. The van der Waals surface area contributed by atoms with Gasteiger partial charge in [-0.25, -0.2) is 0 Å². The van der Waals surface area contributed by atoms with Crippen LogP contribution in [-0.2, 0) is 6.42 Å². The highest BCUT2D eigenvalue weighted by Gasteiger charge is 2.16. The van der Waals surface area contributed by atoms with Crippen LogP contribution < -0.4 is 5.73 Å². The smallest absolute Gasteiger partial charge is 0.0667 e. The van der Waals surface area contributed by atoms with E-state index in [9.17, 15) is 5.11 Å². The van der Waals surface area contributed by atoms with Crippen molar-refractivity contribution in [3.63, 3.8) is 0 Å². The lowest BCUT2D eigenvalue weighted by atomic mass is 10.1. The van der Waals surface area contributed by atoms with Crippen LogP contribution in [0.4, 0.5) is 5.69 Å². The van der Waals surface area contributed by atoms with E-state index in [0.717, 1.165) is 44.6 Å². The molecule has 3 heteroatoms. The molecule has 88 valence electrons. The average molecular weight is 220 g/mol. The van der Waals surface area contributed by atoms with Crippen molar-refractivity contribution in [2.45, 2.75) is 25.4 Å². The molecule has 2 rings (SSSR count). The number of benzene rings is 1. The lowest BCUT2D eigenvalue weighted by Crippen LogP contribution is -2.39. The average Bonchev–Trinajstić information content (AvgIpc) is 2.27. The monoisotopic (exact) mass is 220 g/mol. The molecule has 0 spiro atoms. The molecule has 0 bridgehead atoms. The van der Waals surface area contributed by atoms with E-state index in [1.807, 2.05) is 18.2 Å². The quantitative estimate of drug-likeness (QED) is 0.754. The molecule has 1 aliphatic heterocycles. The first-order valence-corrected chi connectivity index (χ1v) is 5.99. The van der Waals surface area contributed by atoms with Crippen LogP contribution >= 0.6 is 0 Å².